The molecule has 5 heteroatoms. The lowest BCUT2D eigenvalue weighted by Crippen LogP contribution is -2.34. The molecule has 1 N–H and O–H groups in total. The maximum absolute atomic E-state index is 11.5. The van der Waals surface area contributed by atoms with Crippen molar-refractivity contribution in [1.29, 1.82) is 0 Å². The fourth-order valence-corrected chi connectivity index (χ4v) is 3.83. The number of rotatable bonds is 5. The van der Waals surface area contributed by atoms with Gasteiger partial charge >= 0.3 is 5.97 Å². The van der Waals surface area contributed by atoms with Crippen molar-refractivity contribution >= 4 is 17.3 Å². The summed E-state index contributed by atoms with van der Waals surface area (Å²) in [6.45, 7) is 8.48. The molecule has 0 amide bonds. The number of hydrogen-bond donors (Lipinski definition) is 1. The first-order valence-electron chi connectivity index (χ1n) is 6.85. The van der Waals surface area contributed by atoms with E-state index in [1.807, 2.05) is 6.92 Å². The molecule has 4 nitrogen and oxygen atoms in total. The summed E-state index contributed by atoms with van der Waals surface area (Å²) in [5.41, 5.74) is 0.563. The Morgan fingerprint density at radius 2 is 2.26 bits per heavy atom. The van der Waals surface area contributed by atoms with Crippen molar-refractivity contribution in [2.24, 2.45) is 5.41 Å². The van der Waals surface area contributed by atoms with Gasteiger partial charge in [0.25, 0.3) is 0 Å². The van der Waals surface area contributed by atoms with Gasteiger partial charge in [-0.1, -0.05) is 13.3 Å². The number of carboxylic acids is 1. The zero-order valence-corrected chi connectivity index (χ0v) is 12.7. The fraction of sp³-hybridized carbons (Fsp3) is 0.714. The normalized spacial score (nSPS) is 23.9. The lowest BCUT2D eigenvalue weighted by molar-refractivity contribution is -0.148. The van der Waals surface area contributed by atoms with E-state index in [9.17, 15) is 9.90 Å². The second kappa shape index (κ2) is 5.59. The van der Waals surface area contributed by atoms with Gasteiger partial charge < -0.3 is 5.11 Å². The van der Waals surface area contributed by atoms with Crippen LogP contribution in [0.4, 0.5) is 0 Å². The Hall–Kier alpha value is -0.940. The molecular weight excluding hydrogens is 260 g/mol. The molecule has 0 saturated carbocycles. The molecule has 2 heterocycles. The zero-order chi connectivity index (χ0) is 14.0. The van der Waals surface area contributed by atoms with E-state index >= 15 is 0 Å². The van der Waals surface area contributed by atoms with Gasteiger partial charge in [0.1, 0.15) is 5.01 Å². The number of hydrogen-bond acceptors (Lipinski definition) is 4. The SMILES string of the molecule is CCCC1(C(=O)O)CCN(Cc2nc(C)c(C)s2)C1. The van der Waals surface area contributed by atoms with Gasteiger partial charge in [-0.25, -0.2) is 4.98 Å². The van der Waals surface area contributed by atoms with E-state index in [4.69, 9.17) is 0 Å². The van der Waals surface area contributed by atoms with Gasteiger partial charge in [0.2, 0.25) is 0 Å². The molecule has 0 radical (unpaired) electrons. The van der Waals surface area contributed by atoms with Gasteiger partial charge in [-0.3, -0.25) is 9.69 Å². The smallest absolute Gasteiger partial charge is 0.310 e. The van der Waals surface area contributed by atoms with Crippen LogP contribution in [-0.2, 0) is 11.3 Å². The molecule has 1 atom stereocenters. The van der Waals surface area contributed by atoms with Crippen molar-refractivity contribution in [3.63, 3.8) is 0 Å². The summed E-state index contributed by atoms with van der Waals surface area (Å²) >= 11 is 1.72. The summed E-state index contributed by atoms with van der Waals surface area (Å²) in [7, 11) is 0. The maximum Gasteiger partial charge on any atom is 0.310 e. The highest BCUT2D eigenvalue weighted by molar-refractivity contribution is 7.11. The first-order valence-corrected chi connectivity index (χ1v) is 7.67. The van der Waals surface area contributed by atoms with Crippen LogP contribution in [0.5, 0.6) is 0 Å². The number of thiazole rings is 1. The Kier molecular flexibility index (Phi) is 4.26. The summed E-state index contributed by atoms with van der Waals surface area (Å²) in [4.78, 5) is 19.6. The highest BCUT2D eigenvalue weighted by atomic mass is 32.1. The van der Waals surface area contributed by atoms with Crippen LogP contribution in [0.25, 0.3) is 0 Å². The van der Waals surface area contributed by atoms with Crippen LogP contribution < -0.4 is 0 Å². The third-order valence-corrected chi connectivity index (χ3v) is 5.10. The van der Waals surface area contributed by atoms with Crippen LogP contribution in [0.2, 0.25) is 0 Å². The third kappa shape index (κ3) is 2.98. The average molecular weight is 282 g/mol. The Morgan fingerprint density at radius 3 is 2.79 bits per heavy atom. The van der Waals surface area contributed by atoms with Crippen molar-refractivity contribution in [3.8, 4) is 0 Å². The zero-order valence-electron chi connectivity index (χ0n) is 11.9. The Balaban J connectivity index is 2.03. The second-order valence-corrected chi connectivity index (χ2v) is 6.83. The van der Waals surface area contributed by atoms with Gasteiger partial charge in [-0.2, -0.15) is 0 Å². The fourth-order valence-electron chi connectivity index (χ4n) is 2.86. The van der Waals surface area contributed by atoms with Crippen molar-refractivity contribution in [2.45, 2.75) is 46.6 Å². The summed E-state index contributed by atoms with van der Waals surface area (Å²) in [6.07, 6.45) is 2.46. The first kappa shape index (κ1) is 14.5. The largest absolute Gasteiger partial charge is 0.481 e. The first-order chi connectivity index (χ1) is 8.97. The molecule has 1 aliphatic rings. The van der Waals surface area contributed by atoms with Gasteiger partial charge in [0, 0.05) is 11.4 Å². The molecule has 0 bridgehead atoms. The minimum atomic E-state index is -0.636. The van der Waals surface area contributed by atoms with E-state index in [0.29, 0.717) is 6.54 Å². The highest BCUT2D eigenvalue weighted by Gasteiger charge is 2.43. The van der Waals surface area contributed by atoms with E-state index in [0.717, 1.165) is 43.1 Å². The summed E-state index contributed by atoms with van der Waals surface area (Å²) in [5.74, 6) is -0.636. The van der Waals surface area contributed by atoms with Crippen LogP contribution in [0.15, 0.2) is 0 Å². The predicted molar refractivity (Wildman–Crippen MR) is 76.5 cm³/mol. The summed E-state index contributed by atoms with van der Waals surface area (Å²) in [6, 6.07) is 0. The molecule has 1 unspecified atom stereocenters. The molecule has 0 aliphatic carbocycles. The van der Waals surface area contributed by atoms with Gasteiger partial charge in [-0.05, 0) is 33.2 Å². The molecular formula is C14H22N2O2S. The third-order valence-electron chi connectivity index (χ3n) is 4.05. The second-order valence-electron chi connectivity index (χ2n) is 5.55. The number of likely N-dealkylation sites (tertiary alicyclic amines) is 1. The molecule has 2 rings (SSSR count). The van der Waals surface area contributed by atoms with Crippen LogP contribution in [0, 0.1) is 19.3 Å². The lowest BCUT2D eigenvalue weighted by atomic mass is 9.83. The number of nitrogens with zero attached hydrogens (tertiary/aromatic N) is 2. The number of aromatic nitrogens is 1. The molecule has 1 aromatic rings. The molecule has 1 fully saturated rings. The minimum Gasteiger partial charge on any atom is -0.481 e. The van der Waals surface area contributed by atoms with Gasteiger partial charge in [0.05, 0.1) is 17.7 Å². The van der Waals surface area contributed by atoms with Crippen LogP contribution in [0.1, 0.15) is 41.8 Å². The van der Waals surface area contributed by atoms with Crippen molar-refractivity contribution < 1.29 is 9.90 Å². The standard InChI is InChI=1S/C14H22N2O2S/c1-4-5-14(13(17)18)6-7-16(9-14)8-12-15-10(2)11(3)19-12/h4-9H2,1-3H3,(H,17,18). The van der Waals surface area contributed by atoms with E-state index < -0.39 is 11.4 Å². The topological polar surface area (TPSA) is 53.4 Å². The van der Waals surface area contributed by atoms with E-state index in [2.05, 4.69) is 23.7 Å². The van der Waals surface area contributed by atoms with E-state index in [1.165, 1.54) is 4.88 Å². The van der Waals surface area contributed by atoms with Crippen LogP contribution in [0.3, 0.4) is 0 Å². The predicted octanol–water partition coefficient (Wildman–Crippen LogP) is 2.84. The molecule has 1 saturated heterocycles. The van der Waals surface area contributed by atoms with Crippen molar-refractivity contribution in [3.05, 3.63) is 15.6 Å². The number of carbonyl (C=O) groups is 1. The van der Waals surface area contributed by atoms with Crippen molar-refractivity contribution in [1.82, 2.24) is 9.88 Å². The summed E-state index contributed by atoms with van der Waals surface area (Å²) < 4.78 is 0. The summed E-state index contributed by atoms with van der Waals surface area (Å²) in [5, 5.41) is 10.6. The van der Waals surface area contributed by atoms with E-state index in [-0.39, 0.29) is 0 Å². The van der Waals surface area contributed by atoms with E-state index in [1.54, 1.807) is 11.3 Å². The average Bonchev–Trinajstić information content (AvgIpc) is 2.86. The lowest BCUT2D eigenvalue weighted by Gasteiger charge is -2.23. The molecule has 1 aromatic heterocycles. The quantitative estimate of drug-likeness (QED) is 0.902. The molecule has 0 aromatic carbocycles. The number of aliphatic carboxylic acids is 1. The minimum absolute atomic E-state index is 0.532. The van der Waals surface area contributed by atoms with Gasteiger partial charge in [-0.15, -0.1) is 11.3 Å². The molecule has 0 spiro atoms. The monoisotopic (exact) mass is 282 g/mol. The Morgan fingerprint density at radius 1 is 1.53 bits per heavy atom. The Bertz CT molecular complexity index is 453. The molecule has 106 valence electrons. The van der Waals surface area contributed by atoms with Crippen LogP contribution in [-0.4, -0.2) is 34.0 Å². The molecule has 1 aliphatic heterocycles. The highest BCUT2D eigenvalue weighted by Crippen LogP contribution is 2.36. The van der Waals surface area contributed by atoms with Gasteiger partial charge in [0.15, 0.2) is 0 Å². The van der Waals surface area contributed by atoms with Crippen LogP contribution >= 0.6 is 11.3 Å². The Labute approximate surface area is 118 Å². The molecule has 19 heavy (non-hydrogen) atoms. The van der Waals surface area contributed by atoms with Crippen molar-refractivity contribution in [2.75, 3.05) is 13.1 Å². The number of aryl methyl sites for hydroxylation is 2. The maximum atomic E-state index is 11.5. The number of carboxylic acid groups (broad SMARTS) is 1.